The molecule has 1 aromatic rings. The molecule has 0 aliphatic heterocycles. The van der Waals surface area contributed by atoms with Crippen LogP contribution in [0.15, 0.2) is 24.3 Å². The summed E-state index contributed by atoms with van der Waals surface area (Å²) < 4.78 is 67.3. The summed E-state index contributed by atoms with van der Waals surface area (Å²) in [5.74, 6) is -0.350. The molecule has 0 aliphatic carbocycles. The molecular formula is C15H21F3N2O4S. The number of hydrogen-bond donors (Lipinski definition) is 1. The molecule has 0 unspecified atom stereocenters. The first-order chi connectivity index (χ1) is 11.6. The minimum Gasteiger partial charge on any atom is -0.385 e. The van der Waals surface area contributed by atoms with E-state index < -0.39 is 21.8 Å². The Morgan fingerprint density at radius 2 is 1.84 bits per heavy atom. The number of ether oxygens (including phenoxy) is 1. The Bertz CT molecular complexity index is 660. The van der Waals surface area contributed by atoms with Crippen molar-refractivity contribution in [1.82, 2.24) is 5.32 Å². The van der Waals surface area contributed by atoms with Gasteiger partial charge in [-0.15, -0.1) is 0 Å². The molecule has 6 nitrogen and oxygen atoms in total. The first-order valence-corrected chi connectivity index (χ1v) is 9.31. The molecule has 0 spiro atoms. The molecular weight excluding hydrogens is 361 g/mol. The maximum absolute atomic E-state index is 12.6. The number of carbonyl (C=O) groups is 1. The van der Waals surface area contributed by atoms with Crippen LogP contribution in [0.4, 0.5) is 18.9 Å². The fourth-order valence-corrected chi connectivity index (χ4v) is 2.97. The predicted octanol–water partition coefficient (Wildman–Crippen LogP) is 2.01. The van der Waals surface area contributed by atoms with Crippen molar-refractivity contribution < 1.29 is 31.1 Å². The maximum atomic E-state index is 12.6. The van der Waals surface area contributed by atoms with Gasteiger partial charge in [0.05, 0.1) is 17.5 Å². The van der Waals surface area contributed by atoms with E-state index in [9.17, 15) is 26.4 Å². The van der Waals surface area contributed by atoms with E-state index in [1.807, 2.05) is 0 Å². The molecule has 0 bridgehead atoms. The first-order valence-electron chi connectivity index (χ1n) is 7.46. The summed E-state index contributed by atoms with van der Waals surface area (Å²) in [4.78, 5) is 11.7. The molecule has 1 aromatic carbocycles. The molecule has 1 N–H and O–H groups in total. The second-order valence-corrected chi connectivity index (χ2v) is 7.23. The number of benzene rings is 1. The van der Waals surface area contributed by atoms with Crippen LogP contribution in [0, 0.1) is 0 Å². The van der Waals surface area contributed by atoms with E-state index in [4.69, 9.17) is 4.74 Å². The fourth-order valence-electron chi connectivity index (χ4n) is 2.04. The molecule has 1 amide bonds. The zero-order valence-electron chi connectivity index (χ0n) is 14.0. The zero-order valence-corrected chi connectivity index (χ0v) is 14.8. The zero-order chi connectivity index (χ0) is 19.1. The number of sulfonamides is 1. The number of carbonyl (C=O) groups excluding carboxylic acids is 1. The standard InChI is InChI=1S/C15H21F3N2O4S/c1-24-11-3-9-19-14(21)8-10-20(25(2,22)23)13-6-4-12(5-7-13)15(16,17)18/h4-7H,3,8-11H2,1-2H3,(H,19,21). The van der Waals surface area contributed by atoms with E-state index in [0.29, 0.717) is 19.6 Å². The number of hydrogen-bond acceptors (Lipinski definition) is 4. The number of anilines is 1. The molecule has 10 heteroatoms. The lowest BCUT2D eigenvalue weighted by atomic mass is 10.2. The highest BCUT2D eigenvalue weighted by molar-refractivity contribution is 7.92. The number of alkyl halides is 3. The maximum Gasteiger partial charge on any atom is 0.416 e. The Morgan fingerprint density at radius 3 is 2.32 bits per heavy atom. The number of halogens is 3. The quantitative estimate of drug-likeness (QED) is 0.663. The third-order valence-corrected chi connectivity index (χ3v) is 4.47. The van der Waals surface area contributed by atoms with Crippen LogP contribution in [0.25, 0.3) is 0 Å². The number of methoxy groups -OCH3 is 1. The van der Waals surface area contributed by atoms with E-state index in [0.717, 1.165) is 34.8 Å². The molecule has 0 atom stereocenters. The van der Waals surface area contributed by atoms with Crippen molar-refractivity contribution in [3.05, 3.63) is 29.8 Å². The summed E-state index contributed by atoms with van der Waals surface area (Å²) in [5, 5.41) is 2.62. The van der Waals surface area contributed by atoms with E-state index in [1.165, 1.54) is 7.11 Å². The van der Waals surface area contributed by atoms with Crippen molar-refractivity contribution in [3.8, 4) is 0 Å². The Kier molecular flexibility index (Phi) is 7.68. The molecule has 25 heavy (non-hydrogen) atoms. The van der Waals surface area contributed by atoms with Gasteiger partial charge in [0.15, 0.2) is 0 Å². The molecule has 0 heterocycles. The Balaban J connectivity index is 2.74. The molecule has 0 fully saturated rings. The Labute approximate surface area is 145 Å². The van der Waals surface area contributed by atoms with E-state index in [-0.39, 0.29) is 24.6 Å². The van der Waals surface area contributed by atoms with Gasteiger partial charge in [0, 0.05) is 33.2 Å². The molecule has 0 radical (unpaired) electrons. The fraction of sp³-hybridized carbons (Fsp3) is 0.533. The van der Waals surface area contributed by atoms with Gasteiger partial charge < -0.3 is 10.1 Å². The lowest BCUT2D eigenvalue weighted by Gasteiger charge is -2.22. The largest absolute Gasteiger partial charge is 0.416 e. The average molecular weight is 382 g/mol. The highest BCUT2D eigenvalue weighted by Gasteiger charge is 2.30. The monoisotopic (exact) mass is 382 g/mol. The van der Waals surface area contributed by atoms with Crippen LogP contribution in [-0.4, -0.2) is 47.4 Å². The summed E-state index contributed by atoms with van der Waals surface area (Å²) in [6, 6.07) is 3.75. The van der Waals surface area contributed by atoms with Crippen molar-refractivity contribution in [2.75, 3.05) is 37.4 Å². The van der Waals surface area contributed by atoms with Crippen LogP contribution < -0.4 is 9.62 Å². The topological polar surface area (TPSA) is 75.7 Å². The van der Waals surface area contributed by atoms with Gasteiger partial charge in [-0.2, -0.15) is 13.2 Å². The summed E-state index contributed by atoms with van der Waals surface area (Å²) in [6.45, 7) is 0.716. The van der Waals surface area contributed by atoms with Crippen LogP contribution in [0.2, 0.25) is 0 Å². The smallest absolute Gasteiger partial charge is 0.385 e. The normalized spacial score (nSPS) is 12.0. The molecule has 142 valence electrons. The van der Waals surface area contributed by atoms with Crippen LogP contribution in [0.5, 0.6) is 0 Å². The summed E-state index contributed by atoms with van der Waals surface area (Å²) >= 11 is 0. The van der Waals surface area contributed by atoms with Gasteiger partial charge in [-0.05, 0) is 30.7 Å². The van der Waals surface area contributed by atoms with Crippen LogP contribution in [-0.2, 0) is 25.7 Å². The highest BCUT2D eigenvalue weighted by atomic mass is 32.2. The van der Waals surface area contributed by atoms with E-state index in [1.54, 1.807) is 0 Å². The highest BCUT2D eigenvalue weighted by Crippen LogP contribution is 2.31. The average Bonchev–Trinajstić information content (AvgIpc) is 2.50. The number of amides is 1. The molecule has 0 saturated carbocycles. The van der Waals surface area contributed by atoms with Gasteiger partial charge in [-0.25, -0.2) is 8.42 Å². The van der Waals surface area contributed by atoms with Gasteiger partial charge in [0.25, 0.3) is 0 Å². The van der Waals surface area contributed by atoms with Crippen LogP contribution in [0.3, 0.4) is 0 Å². The Hall–Kier alpha value is -1.81. The van der Waals surface area contributed by atoms with Crippen molar-refractivity contribution >= 4 is 21.6 Å². The SMILES string of the molecule is COCCCNC(=O)CCN(c1ccc(C(F)(F)F)cc1)S(C)(=O)=O. The summed E-state index contributed by atoms with van der Waals surface area (Å²) in [5.41, 5.74) is -0.803. The number of nitrogens with zero attached hydrogens (tertiary/aromatic N) is 1. The third kappa shape index (κ3) is 7.30. The van der Waals surface area contributed by atoms with Crippen molar-refractivity contribution in [2.45, 2.75) is 19.0 Å². The predicted molar refractivity (Wildman–Crippen MR) is 87.8 cm³/mol. The third-order valence-electron chi connectivity index (χ3n) is 3.27. The van der Waals surface area contributed by atoms with Gasteiger partial charge in [0.2, 0.25) is 15.9 Å². The lowest BCUT2D eigenvalue weighted by molar-refractivity contribution is -0.137. The minimum atomic E-state index is -4.50. The van der Waals surface area contributed by atoms with Crippen molar-refractivity contribution in [2.24, 2.45) is 0 Å². The van der Waals surface area contributed by atoms with Crippen molar-refractivity contribution in [1.29, 1.82) is 0 Å². The van der Waals surface area contributed by atoms with Gasteiger partial charge >= 0.3 is 6.18 Å². The number of rotatable bonds is 9. The van der Waals surface area contributed by atoms with Gasteiger partial charge in [0.1, 0.15) is 0 Å². The van der Waals surface area contributed by atoms with Crippen LogP contribution >= 0.6 is 0 Å². The number of nitrogens with one attached hydrogen (secondary N) is 1. The van der Waals surface area contributed by atoms with E-state index in [2.05, 4.69) is 5.32 Å². The summed E-state index contributed by atoms with van der Waals surface area (Å²) in [7, 11) is -2.20. The molecule has 0 saturated heterocycles. The second-order valence-electron chi connectivity index (χ2n) is 5.33. The van der Waals surface area contributed by atoms with E-state index >= 15 is 0 Å². The Morgan fingerprint density at radius 1 is 1.24 bits per heavy atom. The lowest BCUT2D eigenvalue weighted by Crippen LogP contribution is -2.35. The van der Waals surface area contributed by atoms with Crippen LogP contribution in [0.1, 0.15) is 18.4 Å². The van der Waals surface area contributed by atoms with Gasteiger partial charge in [-0.3, -0.25) is 9.10 Å². The molecule has 0 aliphatic rings. The first kappa shape index (κ1) is 21.2. The molecule has 1 rings (SSSR count). The minimum absolute atomic E-state index is 0.0719. The summed E-state index contributed by atoms with van der Waals surface area (Å²) in [6.07, 6.45) is -3.06. The second kappa shape index (κ2) is 9.04. The van der Waals surface area contributed by atoms with Gasteiger partial charge in [-0.1, -0.05) is 0 Å². The van der Waals surface area contributed by atoms with Crippen molar-refractivity contribution in [3.63, 3.8) is 0 Å². The molecule has 0 aromatic heterocycles.